The summed E-state index contributed by atoms with van der Waals surface area (Å²) in [6, 6.07) is 4.35. The number of rotatable bonds is 5. The van der Waals surface area contributed by atoms with E-state index in [4.69, 9.17) is 10.2 Å². The largest absolute Gasteiger partial charge is 0.481 e. The Kier molecular flexibility index (Phi) is 4.20. The van der Waals surface area contributed by atoms with Crippen molar-refractivity contribution < 1.29 is 24.2 Å². The van der Waals surface area contributed by atoms with Gasteiger partial charge in [0.25, 0.3) is 0 Å². The summed E-state index contributed by atoms with van der Waals surface area (Å²) in [6.45, 7) is 1.63. The minimum Gasteiger partial charge on any atom is -0.481 e. The summed E-state index contributed by atoms with van der Waals surface area (Å²) in [5, 5.41) is 17.4. The van der Waals surface area contributed by atoms with Gasteiger partial charge in [-0.1, -0.05) is 12.1 Å². The number of aliphatic carboxylic acids is 2. The molecule has 17 heavy (non-hydrogen) atoms. The Hall–Kier alpha value is -1.91. The molecule has 0 unspecified atom stereocenters. The second kappa shape index (κ2) is 5.43. The van der Waals surface area contributed by atoms with Gasteiger partial charge in [-0.2, -0.15) is 0 Å². The molecule has 0 radical (unpaired) electrons. The van der Waals surface area contributed by atoms with Crippen LogP contribution in [0.5, 0.6) is 0 Å². The van der Waals surface area contributed by atoms with Gasteiger partial charge in [-0.05, 0) is 24.1 Å². The predicted octanol–water partition coefficient (Wildman–Crippen LogP) is 2.17. The van der Waals surface area contributed by atoms with Crippen LogP contribution in [0.2, 0.25) is 0 Å². The molecule has 0 saturated carbocycles. The van der Waals surface area contributed by atoms with E-state index in [2.05, 4.69) is 0 Å². The first-order chi connectivity index (χ1) is 7.91. The molecule has 0 aliphatic carbocycles. The Morgan fingerprint density at radius 3 is 2.18 bits per heavy atom. The standard InChI is InChI=1S/C12H13FO4/c1-7-3-2-4-9(13)12(7)8(5-10(14)15)6-11(16)17/h2-4,8H,5-6H2,1H3,(H,14,15)(H,16,17). The Morgan fingerprint density at radius 1 is 1.24 bits per heavy atom. The number of aryl methyl sites for hydroxylation is 1. The molecule has 0 aromatic heterocycles. The number of hydrogen-bond acceptors (Lipinski definition) is 2. The maximum atomic E-state index is 13.6. The number of carboxylic acids is 2. The van der Waals surface area contributed by atoms with Crippen LogP contribution in [0.3, 0.4) is 0 Å². The van der Waals surface area contributed by atoms with Crippen LogP contribution in [0.25, 0.3) is 0 Å². The first kappa shape index (κ1) is 13.2. The first-order valence-corrected chi connectivity index (χ1v) is 5.10. The highest BCUT2D eigenvalue weighted by Gasteiger charge is 2.23. The summed E-state index contributed by atoms with van der Waals surface area (Å²) in [7, 11) is 0. The fourth-order valence-electron chi connectivity index (χ4n) is 1.86. The van der Waals surface area contributed by atoms with E-state index in [0.717, 1.165) is 0 Å². The number of carbonyl (C=O) groups is 2. The number of halogens is 1. The molecule has 5 heteroatoms. The topological polar surface area (TPSA) is 74.6 Å². The highest BCUT2D eigenvalue weighted by molar-refractivity contribution is 5.72. The van der Waals surface area contributed by atoms with Gasteiger partial charge in [0.05, 0.1) is 12.8 Å². The van der Waals surface area contributed by atoms with E-state index in [1.807, 2.05) is 0 Å². The van der Waals surface area contributed by atoms with Gasteiger partial charge in [0.15, 0.2) is 0 Å². The molecule has 0 saturated heterocycles. The van der Waals surface area contributed by atoms with Crippen LogP contribution >= 0.6 is 0 Å². The smallest absolute Gasteiger partial charge is 0.303 e. The molecular formula is C12H13FO4. The molecule has 1 aromatic rings. The molecule has 0 fully saturated rings. The van der Waals surface area contributed by atoms with Crippen LogP contribution in [0.15, 0.2) is 18.2 Å². The summed E-state index contributed by atoms with van der Waals surface area (Å²) >= 11 is 0. The molecular weight excluding hydrogens is 227 g/mol. The van der Waals surface area contributed by atoms with E-state index in [-0.39, 0.29) is 5.56 Å². The predicted molar refractivity (Wildman–Crippen MR) is 58.4 cm³/mol. The Bertz CT molecular complexity index is 406. The van der Waals surface area contributed by atoms with Crippen molar-refractivity contribution in [2.45, 2.75) is 25.7 Å². The molecule has 1 rings (SSSR count). The lowest BCUT2D eigenvalue weighted by molar-refractivity contribution is -0.139. The van der Waals surface area contributed by atoms with Gasteiger partial charge < -0.3 is 10.2 Å². The normalized spacial score (nSPS) is 10.5. The van der Waals surface area contributed by atoms with Crippen LogP contribution in [-0.4, -0.2) is 22.2 Å². The molecule has 0 bridgehead atoms. The zero-order valence-corrected chi connectivity index (χ0v) is 9.31. The molecule has 0 amide bonds. The van der Waals surface area contributed by atoms with Crippen molar-refractivity contribution in [2.24, 2.45) is 0 Å². The van der Waals surface area contributed by atoms with Crippen LogP contribution in [0.4, 0.5) is 4.39 Å². The summed E-state index contributed by atoms with van der Waals surface area (Å²) in [5.41, 5.74) is 0.745. The second-order valence-corrected chi connectivity index (χ2v) is 3.86. The molecule has 92 valence electrons. The Morgan fingerprint density at radius 2 is 1.76 bits per heavy atom. The van der Waals surface area contributed by atoms with Gasteiger partial charge >= 0.3 is 11.9 Å². The summed E-state index contributed by atoms with van der Waals surface area (Å²) in [5.74, 6) is -3.68. The number of hydrogen-bond donors (Lipinski definition) is 2. The monoisotopic (exact) mass is 240 g/mol. The maximum Gasteiger partial charge on any atom is 0.303 e. The number of benzene rings is 1. The third kappa shape index (κ3) is 3.55. The van der Waals surface area contributed by atoms with E-state index in [0.29, 0.717) is 5.56 Å². The Labute approximate surface area is 97.7 Å². The van der Waals surface area contributed by atoms with Gasteiger partial charge in [0, 0.05) is 5.92 Å². The summed E-state index contributed by atoms with van der Waals surface area (Å²) in [6.07, 6.45) is -0.790. The molecule has 4 nitrogen and oxygen atoms in total. The first-order valence-electron chi connectivity index (χ1n) is 5.10. The van der Waals surface area contributed by atoms with Gasteiger partial charge in [0.2, 0.25) is 0 Å². The number of carboxylic acid groups (broad SMARTS) is 2. The fourth-order valence-corrected chi connectivity index (χ4v) is 1.86. The van der Waals surface area contributed by atoms with Crippen LogP contribution in [0, 0.1) is 12.7 Å². The molecule has 0 heterocycles. The lowest BCUT2D eigenvalue weighted by Crippen LogP contribution is -2.13. The van der Waals surface area contributed by atoms with Crippen LogP contribution in [0.1, 0.15) is 29.9 Å². The fraction of sp³-hybridized carbons (Fsp3) is 0.333. The minimum atomic E-state index is -1.14. The highest BCUT2D eigenvalue weighted by Crippen LogP contribution is 2.28. The molecule has 1 aromatic carbocycles. The molecule has 0 aliphatic heterocycles. The quantitative estimate of drug-likeness (QED) is 0.827. The van der Waals surface area contributed by atoms with E-state index in [1.165, 1.54) is 12.1 Å². The maximum absolute atomic E-state index is 13.6. The molecule has 0 atom stereocenters. The SMILES string of the molecule is Cc1cccc(F)c1C(CC(=O)O)CC(=O)O. The highest BCUT2D eigenvalue weighted by atomic mass is 19.1. The van der Waals surface area contributed by atoms with Crippen molar-refractivity contribution in [1.82, 2.24) is 0 Å². The lowest BCUT2D eigenvalue weighted by Gasteiger charge is -2.16. The van der Waals surface area contributed by atoms with E-state index < -0.39 is 36.5 Å². The zero-order valence-electron chi connectivity index (χ0n) is 9.31. The molecule has 0 aliphatic rings. The van der Waals surface area contributed by atoms with Crippen molar-refractivity contribution >= 4 is 11.9 Å². The second-order valence-electron chi connectivity index (χ2n) is 3.86. The van der Waals surface area contributed by atoms with E-state index >= 15 is 0 Å². The van der Waals surface area contributed by atoms with Gasteiger partial charge in [-0.3, -0.25) is 9.59 Å². The summed E-state index contributed by atoms with van der Waals surface area (Å²) < 4.78 is 13.6. The van der Waals surface area contributed by atoms with Gasteiger partial charge in [-0.25, -0.2) is 4.39 Å². The van der Waals surface area contributed by atoms with Crippen molar-refractivity contribution in [3.63, 3.8) is 0 Å². The third-order valence-corrected chi connectivity index (χ3v) is 2.52. The molecule has 2 N–H and O–H groups in total. The zero-order chi connectivity index (χ0) is 13.0. The molecule has 0 spiro atoms. The van der Waals surface area contributed by atoms with Crippen molar-refractivity contribution in [2.75, 3.05) is 0 Å². The Balaban J connectivity index is 3.11. The van der Waals surface area contributed by atoms with Crippen molar-refractivity contribution in [3.05, 3.63) is 35.1 Å². The van der Waals surface area contributed by atoms with Gasteiger partial charge in [0.1, 0.15) is 5.82 Å². The van der Waals surface area contributed by atoms with E-state index in [1.54, 1.807) is 13.0 Å². The van der Waals surface area contributed by atoms with E-state index in [9.17, 15) is 14.0 Å². The lowest BCUT2D eigenvalue weighted by atomic mass is 9.89. The third-order valence-electron chi connectivity index (χ3n) is 2.52. The average Bonchev–Trinajstić information content (AvgIpc) is 2.14. The van der Waals surface area contributed by atoms with Crippen LogP contribution < -0.4 is 0 Å². The average molecular weight is 240 g/mol. The summed E-state index contributed by atoms with van der Waals surface area (Å²) in [4.78, 5) is 21.3. The van der Waals surface area contributed by atoms with Crippen molar-refractivity contribution in [3.8, 4) is 0 Å². The minimum absolute atomic E-state index is 0.178. The van der Waals surface area contributed by atoms with Crippen molar-refractivity contribution in [1.29, 1.82) is 0 Å². The van der Waals surface area contributed by atoms with Crippen LogP contribution in [-0.2, 0) is 9.59 Å². The van der Waals surface area contributed by atoms with Gasteiger partial charge in [-0.15, -0.1) is 0 Å².